The lowest BCUT2D eigenvalue weighted by Crippen LogP contribution is -2.51. The summed E-state index contributed by atoms with van der Waals surface area (Å²) in [6, 6.07) is 3.28. The molecule has 2 amide bonds. The first-order valence-electron chi connectivity index (χ1n) is 6.75. The predicted octanol–water partition coefficient (Wildman–Crippen LogP) is 0.727. The van der Waals surface area contributed by atoms with E-state index in [0.29, 0.717) is 35.3 Å². The molecule has 1 heterocycles. The van der Waals surface area contributed by atoms with E-state index in [4.69, 9.17) is 21.1 Å². The van der Waals surface area contributed by atoms with Crippen molar-refractivity contribution in [3.05, 3.63) is 17.2 Å². The van der Waals surface area contributed by atoms with Crippen LogP contribution in [0.2, 0.25) is 5.02 Å². The van der Waals surface area contributed by atoms with Crippen LogP contribution in [0, 0.1) is 0 Å². The van der Waals surface area contributed by atoms with Crippen LogP contribution in [-0.2, 0) is 9.59 Å². The lowest BCUT2D eigenvalue weighted by atomic mass is 10.2. The minimum atomic E-state index is -0.166. The molecule has 0 spiro atoms. The number of nitrogens with one attached hydrogen (secondary N) is 2. The van der Waals surface area contributed by atoms with Gasteiger partial charge in [0.15, 0.2) is 11.5 Å². The number of methoxy groups -OCH3 is 2. The number of carbonyl (C=O) groups is 2. The van der Waals surface area contributed by atoms with E-state index in [1.165, 1.54) is 19.1 Å². The lowest BCUT2D eigenvalue weighted by molar-refractivity contribution is -0.136. The molecule has 2 rings (SSSR count). The van der Waals surface area contributed by atoms with Gasteiger partial charge in [0, 0.05) is 25.2 Å². The van der Waals surface area contributed by atoms with Crippen molar-refractivity contribution in [3.8, 4) is 11.5 Å². The van der Waals surface area contributed by atoms with E-state index in [0.717, 1.165) is 0 Å². The minimum Gasteiger partial charge on any atom is -0.493 e. The van der Waals surface area contributed by atoms with Gasteiger partial charge in [-0.05, 0) is 0 Å². The van der Waals surface area contributed by atoms with Crippen LogP contribution in [0.3, 0.4) is 0 Å². The molecular formula is C14H18ClN3O4. The summed E-state index contributed by atoms with van der Waals surface area (Å²) < 4.78 is 10.3. The molecule has 1 saturated heterocycles. The number of ether oxygens (including phenoxy) is 2. The lowest BCUT2D eigenvalue weighted by Gasteiger charge is -2.27. The van der Waals surface area contributed by atoms with Gasteiger partial charge < -0.3 is 25.0 Å². The third kappa shape index (κ3) is 3.73. The highest BCUT2D eigenvalue weighted by Gasteiger charge is 2.21. The van der Waals surface area contributed by atoms with E-state index in [-0.39, 0.29) is 24.9 Å². The average molecular weight is 328 g/mol. The highest BCUT2D eigenvalue weighted by Crippen LogP contribution is 2.35. The largest absolute Gasteiger partial charge is 0.493 e. The molecule has 1 aromatic carbocycles. The Hall–Kier alpha value is -2.15. The molecule has 1 fully saturated rings. The summed E-state index contributed by atoms with van der Waals surface area (Å²) in [7, 11) is 3.04. The van der Waals surface area contributed by atoms with E-state index in [1.54, 1.807) is 12.1 Å². The smallest absolute Gasteiger partial charge is 0.242 e. The molecule has 0 saturated carbocycles. The monoisotopic (exact) mass is 327 g/mol. The maximum absolute atomic E-state index is 12.1. The second-order valence-corrected chi connectivity index (χ2v) is 5.11. The van der Waals surface area contributed by atoms with E-state index in [2.05, 4.69) is 10.6 Å². The molecule has 0 unspecified atom stereocenters. The highest BCUT2D eigenvalue weighted by atomic mass is 35.5. The first kappa shape index (κ1) is 16.2. The summed E-state index contributed by atoms with van der Waals surface area (Å²) in [5.74, 6) is 0.709. The van der Waals surface area contributed by atoms with Crippen molar-refractivity contribution in [3.63, 3.8) is 0 Å². The summed E-state index contributed by atoms with van der Waals surface area (Å²) in [5.41, 5.74) is 0.564. The maximum atomic E-state index is 12.1. The zero-order valence-corrected chi connectivity index (χ0v) is 13.2. The van der Waals surface area contributed by atoms with Crippen molar-refractivity contribution in [1.82, 2.24) is 10.2 Å². The molecule has 8 heteroatoms. The number of nitrogens with zero attached hydrogens (tertiary/aromatic N) is 1. The van der Waals surface area contributed by atoms with Gasteiger partial charge in [-0.25, -0.2) is 0 Å². The Bertz CT molecular complexity index is 579. The molecule has 0 bridgehead atoms. The number of carbonyl (C=O) groups excluding carboxylic acids is 2. The Morgan fingerprint density at radius 1 is 1.36 bits per heavy atom. The molecular weight excluding hydrogens is 310 g/mol. The van der Waals surface area contributed by atoms with Crippen molar-refractivity contribution < 1.29 is 19.1 Å². The standard InChI is InChI=1S/C14H18ClN3O4/c1-21-11-5-9(15)10(6-12(11)22-2)17-7-14(20)18-4-3-16-13(19)8-18/h5-6,17H,3-4,7-8H2,1-2H3,(H,16,19). The van der Waals surface area contributed by atoms with Gasteiger partial charge in [-0.15, -0.1) is 0 Å². The van der Waals surface area contributed by atoms with Crippen molar-refractivity contribution >= 4 is 29.1 Å². The molecule has 1 aliphatic heterocycles. The van der Waals surface area contributed by atoms with Crippen molar-refractivity contribution in [1.29, 1.82) is 0 Å². The molecule has 120 valence electrons. The summed E-state index contributed by atoms with van der Waals surface area (Å²) in [5, 5.41) is 6.05. The predicted molar refractivity (Wildman–Crippen MR) is 82.6 cm³/mol. The maximum Gasteiger partial charge on any atom is 0.242 e. The van der Waals surface area contributed by atoms with Gasteiger partial charge in [-0.3, -0.25) is 9.59 Å². The number of hydrogen-bond donors (Lipinski definition) is 2. The van der Waals surface area contributed by atoms with E-state index >= 15 is 0 Å². The molecule has 0 aliphatic carbocycles. The fourth-order valence-corrected chi connectivity index (χ4v) is 2.34. The van der Waals surface area contributed by atoms with Crippen molar-refractivity contribution in [2.75, 3.05) is 45.7 Å². The minimum absolute atomic E-state index is 0.0441. The first-order valence-corrected chi connectivity index (χ1v) is 7.12. The Morgan fingerprint density at radius 2 is 2.05 bits per heavy atom. The number of anilines is 1. The Labute approximate surface area is 133 Å². The zero-order chi connectivity index (χ0) is 16.1. The average Bonchev–Trinajstić information content (AvgIpc) is 2.53. The van der Waals surface area contributed by atoms with E-state index in [9.17, 15) is 9.59 Å². The van der Waals surface area contributed by atoms with Crippen molar-refractivity contribution in [2.24, 2.45) is 0 Å². The third-order valence-electron chi connectivity index (χ3n) is 3.29. The number of halogens is 1. The quantitative estimate of drug-likeness (QED) is 0.833. The fraction of sp³-hybridized carbons (Fsp3) is 0.429. The summed E-state index contributed by atoms with van der Waals surface area (Å²) >= 11 is 6.14. The SMILES string of the molecule is COc1cc(Cl)c(NCC(=O)N2CCNC(=O)C2)cc1OC. The number of benzene rings is 1. The van der Waals surface area contributed by atoms with Gasteiger partial charge in [0.2, 0.25) is 11.8 Å². The first-order chi connectivity index (χ1) is 10.5. The Balaban J connectivity index is 2.01. The van der Waals surface area contributed by atoms with Crippen LogP contribution in [0.15, 0.2) is 12.1 Å². The second kappa shape index (κ2) is 7.22. The number of hydrogen-bond acceptors (Lipinski definition) is 5. The van der Waals surface area contributed by atoms with Crippen LogP contribution in [0.25, 0.3) is 0 Å². The van der Waals surface area contributed by atoms with Gasteiger partial charge in [0.1, 0.15) is 0 Å². The van der Waals surface area contributed by atoms with Crippen LogP contribution in [0.5, 0.6) is 11.5 Å². The van der Waals surface area contributed by atoms with Crippen LogP contribution in [0.4, 0.5) is 5.69 Å². The zero-order valence-electron chi connectivity index (χ0n) is 12.4. The number of amides is 2. The molecule has 7 nitrogen and oxygen atoms in total. The molecule has 1 aliphatic rings. The van der Waals surface area contributed by atoms with Crippen LogP contribution >= 0.6 is 11.6 Å². The Morgan fingerprint density at radius 3 is 2.68 bits per heavy atom. The van der Waals surface area contributed by atoms with Gasteiger partial charge in [0.05, 0.1) is 38.0 Å². The topological polar surface area (TPSA) is 79.9 Å². The summed E-state index contributed by atoms with van der Waals surface area (Å²) in [4.78, 5) is 24.9. The molecule has 0 aromatic heterocycles. The Kier molecular flexibility index (Phi) is 5.32. The van der Waals surface area contributed by atoms with E-state index < -0.39 is 0 Å². The molecule has 22 heavy (non-hydrogen) atoms. The number of rotatable bonds is 5. The fourth-order valence-electron chi connectivity index (χ4n) is 2.12. The van der Waals surface area contributed by atoms with Crippen molar-refractivity contribution in [2.45, 2.75) is 0 Å². The van der Waals surface area contributed by atoms with Crippen LogP contribution in [0.1, 0.15) is 0 Å². The van der Waals surface area contributed by atoms with Gasteiger partial charge in [-0.1, -0.05) is 11.6 Å². The third-order valence-corrected chi connectivity index (χ3v) is 3.61. The van der Waals surface area contributed by atoms with Gasteiger partial charge in [0.25, 0.3) is 0 Å². The molecule has 1 aromatic rings. The van der Waals surface area contributed by atoms with Gasteiger partial charge in [-0.2, -0.15) is 0 Å². The molecule has 0 atom stereocenters. The van der Waals surface area contributed by atoms with Crippen LogP contribution < -0.4 is 20.1 Å². The summed E-state index contributed by atoms with van der Waals surface area (Å²) in [6.45, 7) is 1.11. The van der Waals surface area contributed by atoms with E-state index in [1.807, 2.05) is 0 Å². The second-order valence-electron chi connectivity index (χ2n) is 4.71. The van der Waals surface area contributed by atoms with Crippen LogP contribution in [-0.4, -0.2) is 57.1 Å². The number of piperazine rings is 1. The normalized spacial score (nSPS) is 14.3. The summed E-state index contributed by atoms with van der Waals surface area (Å²) in [6.07, 6.45) is 0. The van der Waals surface area contributed by atoms with Gasteiger partial charge >= 0.3 is 0 Å². The highest BCUT2D eigenvalue weighted by molar-refractivity contribution is 6.33. The molecule has 2 N–H and O–H groups in total. The molecule has 0 radical (unpaired) electrons.